The van der Waals surface area contributed by atoms with E-state index >= 15 is 0 Å². The van der Waals surface area contributed by atoms with Gasteiger partial charge in [0.25, 0.3) is 0 Å². The van der Waals surface area contributed by atoms with E-state index in [-0.39, 0.29) is 23.8 Å². The minimum absolute atomic E-state index is 0.0127. The summed E-state index contributed by atoms with van der Waals surface area (Å²) in [6, 6.07) is 3.61. The lowest BCUT2D eigenvalue weighted by Gasteiger charge is -2.31. The Bertz CT molecular complexity index is 594. The summed E-state index contributed by atoms with van der Waals surface area (Å²) in [5.41, 5.74) is 0. The van der Waals surface area contributed by atoms with Gasteiger partial charge in [0.1, 0.15) is 5.82 Å². The summed E-state index contributed by atoms with van der Waals surface area (Å²) in [4.78, 5) is 30.7. The molecule has 0 bridgehead atoms. The average molecular weight is 410 g/mol. The Balaban J connectivity index is 1.40. The molecule has 1 N–H and O–H groups in total. The monoisotopic (exact) mass is 409 g/mol. The molecule has 2 amide bonds. The number of halogens is 1. The van der Waals surface area contributed by atoms with E-state index in [1.165, 1.54) is 0 Å². The molecule has 136 valence electrons. The summed E-state index contributed by atoms with van der Waals surface area (Å²) in [5, 5.41) is 2.85. The lowest BCUT2D eigenvalue weighted by Crippen LogP contribution is -2.41. The molecule has 25 heavy (non-hydrogen) atoms. The third kappa shape index (κ3) is 5.25. The van der Waals surface area contributed by atoms with Crippen LogP contribution in [0.15, 0.2) is 22.8 Å². The number of pyridine rings is 1. The SMILES string of the molecule is O=C(Nc1ccc(Br)cn1)C1CCN(C(=O)CCC2CCCO2)CC1. The Morgan fingerprint density at radius 3 is 2.72 bits per heavy atom. The van der Waals surface area contributed by atoms with Crippen LogP contribution in [0.5, 0.6) is 0 Å². The summed E-state index contributed by atoms with van der Waals surface area (Å²) < 4.78 is 6.45. The van der Waals surface area contributed by atoms with Crippen LogP contribution in [0.2, 0.25) is 0 Å². The highest BCUT2D eigenvalue weighted by molar-refractivity contribution is 9.10. The predicted octanol–water partition coefficient (Wildman–Crippen LogP) is 2.98. The molecule has 2 fully saturated rings. The molecular formula is C18H24BrN3O3. The number of nitrogens with one attached hydrogen (secondary N) is 1. The number of carbonyl (C=O) groups is 2. The van der Waals surface area contributed by atoms with Crippen molar-refractivity contribution in [1.29, 1.82) is 0 Å². The largest absolute Gasteiger partial charge is 0.378 e. The number of carbonyl (C=O) groups excluding carboxylic acids is 2. The molecule has 7 heteroatoms. The Morgan fingerprint density at radius 1 is 1.28 bits per heavy atom. The van der Waals surface area contributed by atoms with Crippen LogP contribution in [0, 0.1) is 5.92 Å². The zero-order valence-electron chi connectivity index (χ0n) is 14.2. The normalized spacial score (nSPS) is 21.3. The van der Waals surface area contributed by atoms with Crippen molar-refractivity contribution in [3.63, 3.8) is 0 Å². The van der Waals surface area contributed by atoms with Gasteiger partial charge >= 0.3 is 0 Å². The maximum absolute atomic E-state index is 12.3. The van der Waals surface area contributed by atoms with Gasteiger partial charge in [-0.15, -0.1) is 0 Å². The van der Waals surface area contributed by atoms with Crippen LogP contribution in [-0.2, 0) is 14.3 Å². The minimum Gasteiger partial charge on any atom is -0.378 e. The summed E-state index contributed by atoms with van der Waals surface area (Å²) in [7, 11) is 0. The van der Waals surface area contributed by atoms with Crippen LogP contribution >= 0.6 is 15.9 Å². The molecule has 0 aromatic carbocycles. The molecule has 2 saturated heterocycles. The zero-order chi connectivity index (χ0) is 17.6. The Morgan fingerprint density at radius 2 is 2.08 bits per heavy atom. The van der Waals surface area contributed by atoms with Gasteiger partial charge in [-0.25, -0.2) is 4.98 Å². The van der Waals surface area contributed by atoms with Crippen LogP contribution in [0.1, 0.15) is 38.5 Å². The number of hydrogen-bond donors (Lipinski definition) is 1. The Kier molecular flexibility index (Phi) is 6.42. The lowest BCUT2D eigenvalue weighted by molar-refractivity contribution is -0.135. The standard InChI is InChI=1S/C18H24BrN3O3/c19-14-3-5-16(20-12-14)21-18(24)13-7-9-22(10-8-13)17(23)6-4-15-2-1-11-25-15/h3,5,12-13,15H,1-2,4,6-11H2,(H,20,21,24). The van der Waals surface area contributed by atoms with Gasteiger partial charge in [0.15, 0.2) is 0 Å². The maximum atomic E-state index is 12.3. The Labute approximate surface area is 156 Å². The highest BCUT2D eigenvalue weighted by atomic mass is 79.9. The first-order valence-corrected chi connectivity index (χ1v) is 9.73. The van der Waals surface area contributed by atoms with Gasteiger partial charge in [-0.3, -0.25) is 9.59 Å². The van der Waals surface area contributed by atoms with Crippen LogP contribution in [0.25, 0.3) is 0 Å². The maximum Gasteiger partial charge on any atom is 0.228 e. The van der Waals surface area contributed by atoms with Crippen LogP contribution in [0.3, 0.4) is 0 Å². The minimum atomic E-state index is -0.0623. The van der Waals surface area contributed by atoms with E-state index < -0.39 is 0 Å². The molecule has 3 rings (SSSR count). The van der Waals surface area contributed by atoms with E-state index in [9.17, 15) is 9.59 Å². The first-order chi connectivity index (χ1) is 12.1. The topological polar surface area (TPSA) is 71.5 Å². The second kappa shape index (κ2) is 8.76. The number of anilines is 1. The van der Waals surface area contributed by atoms with Gasteiger partial charge < -0.3 is 15.0 Å². The van der Waals surface area contributed by atoms with E-state index in [0.717, 1.165) is 30.3 Å². The van der Waals surface area contributed by atoms with E-state index in [2.05, 4.69) is 26.2 Å². The third-order valence-electron chi connectivity index (χ3n) is 4.90. The lowest BCUT2D eigenvalue weighted by atomic mass is 9.95. The molecule has 0 spiro atoms. The molecule has 1 atom stereocenters. The molecule has 0 saturated carbocycles. The van der Waals surface area contributed by atoms with Crippen molar-refractivity contribution in [1.82, 2.24) is 9.88 Å². The smallest absolute Gasteiger partial charge is 0.228 e. The van der Waals surface area contributed by atoms with Crippen molar-refractivity contribution in [3.8, 4) is 0 Å². The van der Waals surface area contributed by atoms with Crippen molar-refractivity contribution in [2.45, 2.75) is 44.6 Å². The first kappa shape index (κ1) is 18.3. The second-order valence-corrected chi connectivity index (χ2v) is 7.60. The van der Waals surface area contributed by atoms with Crippen LogP contribution < -0.4 is 5.32 Å². The fourth-order valence-corrected chi connectivity index (χ4v) is 3.62. The zero-order valence-corrected chi connectivity index (χ0v) is 15.8. The van der Waals surface area contributed by atoms with Gasteiger partial charge in [-0.1, -0.05) is 0 Å². The Hall–Kier alpha value is -1.47. The number of nitrogens with zero attached hydrogens (tertiary/aromatic N) is 2. The number of aromatic nitrogens is 1. The van der Waals surface area contributed by atoms with Gasteiger partial charge in [0.05, 0.1) is 6.10 Å². The number of ether oxygens (including phenoxy) is 1. The quantitative estimate of drug-likeness (QED) is 0.810. The summed E-state index contributed by atoms with van der Waals surface area (Å²) in [5.74, 6) is 0.668. The van der Waals surface area contributed by atoms with E-state index in [1.807, 2.05) is 11.0 Å². The molecule has 1 aromatic rings. The second-order valence-electron chi connectivity index (χ2n) is 6.68. The first-order valence-electron chi connectivity index (χ1n) is 8.93. The number of likely N-dealkylation sites (tertiary alicyclic amines) is 1. The van der Waals surface area contributed by atoms with Crippen LogP contribution in [-0.4, -0.2) is 47.5 Å². The molecule has 1 aromatic heterocycles. The highest BCUT2D eigenvalue weighted by Gasteiger charge is 2.28. The summed E-state index contributed by atoms with van der Waals surface area (Å²) in [6.07, 6.45) is 6.85. The van der Waals surface area contributed by atoms with Gasteiger partial charge in [-0.05, 0) is 60.2 Å². The van der Waals surface area contributed by atoms with Crippen molar-refractivity contribution >= 4 is 33.6 Å². The average Bonchev–Trinajstić information content (AvgIpc) is 3.15. The number of hydrogen-bond acceptors (Lipinski definition) is 4. The van der Waals surface area contributed by atoms with Crippen molar-refractivity contribution < 1.29 is 14.3 Å². The molecule has 2 aliphatic heterocycles. The van der Waals surface area contributed by atoms with Gasteiger partial charge in [-0.2, -0.15) is 0 Å². The number of piperidine rings is 1. The fourth-order valence-electron chi connectivity index (χ4n) is 3.38. The van der Waals surface area contributed by atoms with Crippen molar-refractivity contribution in [3.05, 3.63) is 22.8 Å². The molecule has 3 heterocycles. The molecular weight excluding hydrogens is 386 g/mol. The van der Waals surface area contributed by atoms with E-state index in [1.54, 1.807) is 12.3 Å². The van der Waals surface area contributed by atoms with E-state index in [0.29, 0.717) is 38.2 Å². The molecule has 6 nitrogen and oxygen atoms in total. The molecule has 2 aliphatic rings. The summed E-state index contributed by atoms with van der Waals surface area (Å²) in [6.45, 7) is 2.12. The third-order valence-corrected chi connectivity index (χ3v) is 5.37. The number of amides is 2. The van der Waals surface area contributed by atoms with Gasteiger partial charge in [0.2, 0.25) is 11.8 Å². The fraction of sp³-hybridized carbons (Fsp3) is 0.611. The van der Waals surface area contributed by atoms with Crippen molar-refractivity contribution in [2.75, 3.05) is 25.0 Å². The van der Waals surface area contributed by atoms with Crippen molar-refractivity contribution in [2.24, 2.45) is 5.92 Å². The predicted molar refractivity (Wildman–Crippen MR) is 98.1 cm³/mol. The van der Waals surface area contributed by atoms with Gasteiger partial charge in [0, 0.05) is 42.7 Å². The highest BCUT2D eigenvalue weighted by Crippen LogP contribution is 2.22. The summed E-state index contributed by atoms with van der Waals surface area (Å²) >= 11 is 3.32. The van der Waals surface area contributed by atoms with Crippen LogP contribution in [0.4, 0.5) is 5.82 Å². The van der Waals surface area contributed by atoms with E-state index in [4.69, 9.17) is 4.74 Å². The number of rotatable bonds is 5. The molecule has 0 aliphatic carbocycles. The molecule has 0 radical (unpaired) electrons. The molecule has 1 unspecified atom stereocenters.